The van der Waals surface area contributed by atoms with Gasteiger partial charge in [0.15, 0.2) is 7.98 Å². The molecular formula is C15H19BClNO2. The fraction of sp³-hybridized carbons (Fsp3) is 0.400. The number of aryl methyl sites for hydroxylation is 1. The molecule has 1 aliphatic heterocycles. The normalized spacial score (nSPS) is 15.0. The van der Waals surface area contributed by atoms with E-state index in [-0.39, 0.29) is 0 Å². The molecule has 0 atom stereocenters. The van der Waals surface area contributed by atoms with Crippen molar-refractivity contribution in [2.45, 2.75) is 13.8 Å². The summed E-state index contributed by atoms with van der Waals surface area (Å²) in [4.78, 5) is 12.5. The summed E-state index contributed by atoms with van der Waals surface area (Å²) in [6.45, 7) is 5.81. The van der Waals surface area contributed by atoms with Crippen LogP contribution in [0.3, 0.4) is 0 Å². The van der Waals surface area contributed by atoms with Crippen molar-refractivity contribution in [1.29, 1.82) is 0 Å². The van der Waals surface area contributed by atoms with Gasteiger partial charge in [-0.15, -0.1) is 0 Å². The number of aldehydes is 1. The van der Waals surface area contributed by atoms with Gasteiger partial charge in [0, 0.05) is 37.4 Å². The second kappa shape index (κ2) is 8.25. The number of hydrogen-bond acceptors (Lipinski definition) is 3. The van der Waals surface area contributed by atoms with Crippen LogP contribution >= 0.6 is 11.6 Å². The number of benzene rings is 1. The highest BCUT2D eigenvalue weighted by atomic mass is 35.5. The number of nitrogens with zero attached hydrogens (tertiary/aromatic N) is 1. The van der Waals surface area contributed by atoms with Crippen LogP contribution in [0.1, 0.15) is 18.1 Å². The maximum atomic E-state index is 10.9. The molecule has 5 heteroatoms. The minimum Gasteiger partial charge on any atom is -0.385 e. The molecule has 3 nitrogen and oxygen atoms in total. The molecule has 0 amide bonds. The van der Waals surface area contributed by atoms with E-state index < -0.39 is 0 Å². The van der Waals surface area contributed by atoms with Gasteiger partial charge in [-0.25, -0.2) is 0 Å². The minimum absolute atomic E-state index is 0.489. The lowest BCUT2D eigenvalue weighted by atomic mass is 10.0. The fourth-order valence-corrected chi connectivity index (χ4v) is 2.26. The van der Waals surface area contributed by atoms with Crippen LogP contribution in [-0.2, 0) is 9.53 Å². The number of carbonyl (C=O) groups is 1. The predicted molar refractivity (Wildman–Crippen MR) is 84.1 cm³/mol. The van der Waals surface area contributed by atoms with Crippen LogP contribution in [-0.4, -0.2) is 45.9 Å². The van der Waals surface area contributed by atoms with Crippen molar-refractivity contribution in [2.24, 2.45) is 0 Å². The maximum Gasteiger partial charge on any atom is 0.183 e. The number of methoxy groups -OCH3 is 1. The van der Waals surface area contributed by atoms with Crippen molar-refractivity contribution in [3.8, 4) is 0 Å². The second-order valence-electron chi connectivity index (χ2n) is 4.59. The Kier molecular flexibility index (Phi) is 6.99. The smallest absolute Gasteiger partial charge is 0.183 e. The molecule has 0 aliphatic carbocycles. The van der Waals surface area contributed by atoms with E-state index in [4.69, 9.17) is 19.6 Å². The maximum absolute atomic E-state index is 10.9. The molecule has 1 aromatic carbocycles. The quantitative estimate of drug-likeness (QED) is 0.633. The zero-order chi connectivity index (χ0) is 15.1. The standard InChI is InChI=1S/C12H11BClNO.C3H8O/c1-8-2-3-10(12(14)4-8)11-6-15(13)5-9(11)7-16;1-3-4-2/h2-4,7H,5-6H2,1H3;3H2,1-2H3. The lowest BCUT2D eigenvalue weighted by Crippen LogP contribution is -2.16. The Labute approximate surface area is 127 Å². The van der Waals surface area contributed by atoms with Crippen LogP contribution in [0.15, 0.2) is 23.8 Å². The van der Waals surface area contributed by atoms with Crippen LogP contribution < -0.4 is 0 Å². The van der Waals surface area contributed by atoms with Crippen molar-refractivity contribution in [3.05, 3.63) is 39.9 Å². The van der Waals surface area contributed by atoms with Gasteiger partial charge >= 0.3 is 0 Å². The lowest BCUT2D eigenvalue weighted by Gasteiger charge is -2.09. The first kappa shape index (κ1) is 17.0. The van der Waals surface area contributed by atoms with Crippen LogP contribution in [0.2, 0.25) is 5.02 Å². The third kappa shape index (κ3) is 4.48. The van der Waals surface area contributed by atoms with Crippen LogP contribution in [0.5, 0.6) is 0 Å². The van der Waals surface area contributed by atoms with E-state index in [2.05, 4.69) is 4.74 Å². The lowest BCUT2D eigenvalue weighted by molar-refractivity contribution is -0.104. The summed E-state index contributed by atoms with van der Waals surface area (Å²) in [7, 11) is 7.38. The van der Waals surface area contributed by atoms with Gasteiger partial charge in [-0.1, -0.05) is 23.7 Å². The van der Waals surface area contributed by atoms with Crippen LogP contribution in [0.4, 0.5) is 0 Å². The molecule has 0 fully saturated rings. The fourth-order valence-electron chi connectivity index (χ4n) is 1.91. The average Bonchev–Trinajstić information content (AvgIpc) is 2.80. The second-order valence-corrected chi connectivity index (χ2v) is 4.99. The molecule has 106 valence electrons. The zero-order valence-corrected chi connectivity index (χ0v) is 12.9. The highest BCUT2D eigenvalue weighted by Crippen LogP contribution is 2.30. The van der Waals surface area contributed by atoms with Crippen molar-refractivity contribution in [1.82, 2.24) is 4.81 Å². The Morgan fingerprint density at radius 2 is 2.10 bits per heavy atom. The summed E-state index contributed by atoms with van der Waals surface area (Å²) in [5.41, 5.74) is 3.66. The summed E-state index contributed by atoms with van der Waals surface area (Å²) in [5.74, 6) is 0. The molecule has 0 N–H and O–H groups in total. The SMILES string of the molecule is CCOC.[B]N1CC(C=O)=C(c2ccc(C)cc2Cl)C1. The molecule has 1 aliphatic rings. The van der Waals surface area contributed by atoms with Crippen molar-refractivity contribution >= 4 is 31.4 Å². The first-order valence-corrected chi connectivity index (χ1v) is 6.83. The Bertz CT molecular complexity index is 501. The van der Waals surface area contributed by atoms with E-state index in [1.54, 1.807) is 11.9 Å². The van der Waals surface area contributed by atoms with Crippen LogP contribution in [0.25, 0.3) is 5.57 Å². The summed E-state index contributed by atoms with van der Waals surface area (Å²) >= 11 is 6.17. The first-order chi connectivity index (χ1) is 9.53. The van der Waals surface area contributed by atoms with E-state index in [0.29, 0.717) is 23.7 Å². The predicted octanol–water partition coefficient (Wildman–Crippen LogP) is 2.65. The van der Waals surface area contributed by atoms with E-state index >= 15 is 0 Å². The van der Waals surface area contributed by atoms with Crippen LogP contribution in [0, 0.1) is 6.92 Å². The molecule has 0 aromatic heterocycles. The molecule has 1 aromatic rings. The Balaban J connectivity index is 0.000000444. The number of hydrogen-bond donors (Lipinski definition) is 0. The molecule has 2 rings (SSSR count). The van der Waals surface area contributed by atoms with E-state index in [0.717, 1.165) is 29.6 Å². The van der Waals surface area contributed by atoms with Gasteiger partial charge in [0.25, 0.3) is 0 Å². The Morgan fingerprint density at radius 1 is 1.45 bits per heavy atom. The Hall–Kier alpha value is -1.10. The highest BCUT2D eigenvalue weighted by molar-refractivity contribution is 6.32. The highest BCUT2D eigenvalue weighted by Gasteiger charge is 2.20. The zero-order valence-electron chi connectivity index (χ0n) is 12.1. The van der Waals surface area contributed by atoms with Gasteiger partial charge in [0.05, 0.1) is 0 Å². The Morgan fingerprint density at radius 3 is 2.60 bits per heavy atom. The number of carbonyl (C=O) groups excluding carboxylic acids is 1. The van der Waals surface area contributed by atoms with Gasteiger partial charge in [0.2, 0.25) is 0 Å². The van der Waals surface area contributed by atoms with E-state index in [1.165, 1.54) is 0 Å². The summed E-state index contributed by atoms with van der Waals surface area (Å²) in [6.07, 6.45) is 0.860. The number of rotatable bonds is 3. The molecule has 0 saturated heterocycles. The third-order valence-corrected chi connectivity index (χ3v) is 3.32. The summed E-state index contributed by atoms with van der Waals surface area (Å²) in [6, 6.07) is 5.82. The van der Waals surface area contributed by atoms with Gasteiger partial charge in [-0.2, -0.15) is 0 Å². The van der Waals surface area contributed by atoms with Gasteiger partial charge in [-0.05, 0) is 36.6 Å². The van der Waals surface area contributed by atoms with Gasteiger partial charge < -0.3 is 9.55 Å². The molecule has 0 unspecified atom stereocenters. The van der Waals surface area contributed by atoms with Crippen molar-refractivity contribution in [3.63, 3.8) is 0 Å². The summed E-state index contributed by atoms with van der Waals surface area (Å²) in [5, 5.41) is 0.671. The molecule has 0 spiro atoms. The molecule has 0 saturated carbocycles. The largest absolute Gasteiger partial charge is 0.385 e. The van der Waals surface area contributed by atoms with Crippen molar-refractivity contribution in [2.75, 3.05) is 26.8 Å². The topological polar surface area (TPSA) is 29.5 Å². The van der Waals surface area contributed by atoms with E-state index in [9.17, 15) is 4.79 Å². The molecular weight excluding hydrogens is 272 g/mol. The van der Waals surface area contributed by atoms with Crippen molar-refractivity contribution < 1.29 is 9.53 Å². The van der Waals surface area contributed by atoms with Gasteiger partial charge in [0.1, 0.15) is 6.29 Å². The number of halogens is 1. The molecule has 20 heavy (non-hydrogen) atoms. The molecule has 1 heterocycles. The third-order valence-electron chi connectivity index (χ3n) is 3.00. The van der Waals surface area contributed by atoms with Gasteiger partial charge in [-0.3, -0.25) is 4.79 Å². The monoisotopic (exact) mass is 291 g/mol. The minimum atomic E-state index is 0.489. The first-order valence-electron chi connectivity index (χ1n) is 6.45. The molecule has 0 bridgehead atoms. The molecule has 2 radical (unpaired) electrons. The number of ether oxygens (including phenoxy) is 1. The van der Waals surface area contributed by atoms with E-state index in [1.807, 2.05) is 32.0 Å². The average molecular weight is 292 g/mol. The summed E-state index contributed by atoms with van der Waals surface area (Å²) < 4.78 is 4.54.